The number of carbonyl (C=O) groups is 1. The monoisotopic (exact) mass is 297 g/mol. The van der Waals surface area contributed by atoms with E-state index in [1.807, 2.05) is 39.8 Å². The first-order valence-corrected chi connectivity index (χ1v) is 7.66. The second kappa shape index (κ2) is 7.43. The molecule has 0 atom stereocenters. The van der Waals surface area contributed by atoms with Gasteiger partial charge in [-0.15, -0.1) is 11.8 Å². The second-order valence-corrected chi connectivity index (χ2v) is 6.51. The molecule has 0 aliphatic rings. The van der Waals surface area contributed by atoms with Crippen molar-refractivity contribution in [3.05, 3.63) is 18.2 Å². The number of nitrogen functional groups attached to an aromatic ring is 1. The van der Waals surface area contributed by atoms with Crippen LogP contribution in [0.4, 0.5) is 5.69 Å². The van der Waals surface area contributed by atoms with Crippen LogP contribution in [0.3, 0.4) is 0 Å². The maximum atomic E-state index is 11.7. The molecular weight excluding hydrogens is 274 g/mol. The Morgan fingerprint density at radius 2 is 2.00 bits per heavy atom. The average molecular weight is 297 g/mol. The predicted octanol–water partition coefficient (Wildman–Crippen LogP) is 3.49. The van der Waals surface area contributed by atoms with E-state index >= 15 is 0 Å². The summed E-state index contributed by atoms with van der Waals surface area (Å²) in [5.41, 5.74) is 6.00. The van der Waals surface area contributed by atoms with E-state index in [1.165, 1.54) is 11.8 Å². The topological polar surface area (TPSA) is 61.5 Å². The SMILES string of the molecule is CCCOc1cc(N)cc(SCC(=O)OC(C)(C)C)c1. The second-order valence-electron chi connectivity index (χ2n) is 5.46. The van der Waals surface area contributed by atoms with Crippen LogP contribution in [0.25, 0.3) is 0 Å². The lowest BCUT2D eigenvalue weighted by Gasteiger charge is -2.19. The highest BCUT2D eigenvalue weighted by Gasteiger charge is 2.16. The fourth-order valence-corrected chi connectivity index (χ4v) is 2.26. The van der Waals surface area contributed by atoms with Gasteiger partial charge in [-0.25, -0.2) is 0 Å². The van der Waals surface area contributed by atoms with Crippen LogP contribution >= 0.6 is 11.8 Å². The number of hydrogen-bond donors (Lipinski definition) is 1. The Hall–Kier alpha value is -1.36. The van der Waals surface area contributed by atoms with E-state index in [0.717, 1.165) is 17.1 Å². The minimum absolute atomic E-state index is 0.235. The van der Waals surface area contributed by atoms with Crippen molar-refractivity contribution in [1.82, 2.24) is 0 Å². The fraction of sp³-hybridized carbons (Fsp3) is 0.533. The third-order valence-corrected chi connectivity index (χ3v) is 3.10. The minimum atomic E-state index is -0.456. The number of rotatable bonds is 6. The normalized spacial score (nSPS) is 11.2. The Bertz CT molecular complexity index is 455. The highest BCUT2D eigenvalue weighted by Crippen LogP contribution is 2.27. The van der Waals surface area contributed by atoms with E-state index < -0.39 is 5.60 Å². The van der Waals surface area contributed by atoms with Gasteiger partial charge in [0, 0.05) is 16.6 Å². The summed E-state index contributed by atoms with van der Waals surface area (Å²) >= 11 is 1.40. The van der Waals surface area contributed by atoms with Gasteiger partial charge in [0.25, 0.3) is 0 Å². The number of ether oxygens (including phenoxy) is 2. The van der Waals surface area contributed by atoms with Crippen LogP contribution in [0.15, 0.2) is 23.1 Å². The van der Waals surface area contributed by atoms with Gasteiger partial charge in [-0.3, -0.25) is 4.79 Å². The quantitative estimate of drug-likeness (QED) is 0.495. The highest BCUT2D eigenvalue weighted by atomic mass is 32.2. The molecule has 5 heteroatoms. The molecule has 1 rings (SSSR count). The molecule has 0 radical (unpaired) electrons. The lowest BCUT2D eigenvalue weighted by atomic mass is 10.2. The molecular formula is C15H23NO3S. The number of hydrogen-bond acceptors (Lipinski definition) is 5. The number of anilines is 1. The summed E-state index contributed by atoms with van der Waals surface area (Å²) in [7, 11) is 0. The van der Waals surface area contributed by atoms with Crippen molar-refractivity contribution >= 4 is 23.4 Å². The van der Waals surface area contributed by atoms with Gasteiger partial charge in [-0.2, -0.15) is 0 Å². The third kappa shape index (κ3) is 6.70. The zero-order valence-corrected chi connectivity index (χ0v) is 13.4. The van der Waals surface area contributed by atoms with Crippen molar-refractivity contribution in [2.24, 2.45) is 0 Å². The Kier molecular flexibility index (Phi) is 6.20. The zero-order chi connectivity index (χ0) is 15.2. The van der Waals surface area contributed by atoms with Gasteiger partial charge < -0.3 is 15.2 Å². The van der Waals surface area contributed by atoms with Gasteiger partial charge in [0.15, 0.2) is 0 Å². The van der Waals surface area contributed by atoms with Crippen LogP contribution in [-0.4, -0.2) is 23.9 Å². The van der Waals surface area contributed by atoms with Gasteiger partial charge in [-0.1, -0.05) is 6.92 Å². The standard InChI is InChI=1S/C15H23NO3S/c1-5-6-18-12-7-11(16)8-13(9-12)20-10-14(17)19-15(2,3)4/h7-9H,5-6,10,16H2,1-4H3. The number of thioether (sulfide) groups is 1. The average Bonchev–Trinajstić information content (AvgIpc) is 2.31. The Balaban J connectivity index is 2.59. The van der Waals surface area contributed by atoms with Gasteiger partial charge in [0.2, 0.25) is 0 Å². The lowest BCUT2D eigenvalue weighted by molar-refractivity contribution is -0.151. The van der Waals surface area contributed by atoms with Crippen LogP contribution < -0.4 is 10.5 Å². The molecule has 0 bridgehead atoms. The predicted molar refractivity (Wildman–Crippen MR) is 83.2 cm³/mol. The lowest BCUT2D eigenvalue weighted by Crippen LogP contribution is -2.24. The number of esters is 1. The maximum Gasteiger partial charge on any atom is 0.316 e. The van der Waals surface area contributed by atoms with Gasteiger partial charge >= 0.3 is 5.97 Å². The summed E-state index contributed by atoms with van der Waals surface area (Å²) in [6, 6.07) is 5.50. The Labute approximate surface area is 125 Å². The van der Waals surface area contributed by atoms with Crippen molar-refractivity contribution in [3.63, 3.8) is 0 Å². The molecule has 20 heavy (non-hydrogen) atoms. The van der Waals surface area contributed by atoms with Crippen molar-refractivity contribution in [2.75, 3.05) is 18.1 Å². The van der Waals surface area contributed by atoms with Crippen molar-refractivity contribution < 1.29 is 14.3 Å². The third-order valence-electron chi connectivity index (χ3n) is 2.15. The van der Waals surface area contributed by atoms with E-state index in [4.69, 9.17) is 15.2 Å². The van der Waals surface area contributed by atoms with Gasteiger partial charge in [0.1, 0.15) is 11.4 Å². The molecule has 0 saturated heterocycles. The molecule has 0 aliphatic carbocycles. The molecule has 0 amide bonds. The van der Waals surface area contributed by atoms with Crippen LogP contribution in [0.2, 0.25) is 0 Å². The maximum absolute atomic E-state index is 11.7. The fourth-order valence-electron chi connectivity index (χ4n) is 1.49. The van der Waals surface area contributed by atoms with Crippen LogP contribution in [-0.2, 0) is 9.53 Å². The van der Waals surface area contributed by atoms with Crippen molar-refractivity contribution in [1.29, 1.82) is 0 Å². The van der Waals surface area contributed by atoms with Crippen molar-refractivity contribution in [3.8, 4) is 5.75 Å². The van der Waals surface area contributed by atoms with E-state index in [1.54, 1.807) is 6.07 Å². The first-order chi connectivity index (χ1) is 9.30. The molecule has 112 valence electrons. The van der Waals surface area contributed by atoms with E-state index in [0.29, 0.717) is 12.3 Å². The van der Waals surface area contributed by atoms with E-state index in [2.05, 4.69) is 0 Å². The summed E-state index contributed by atoms with van der Waals surface area (Å²) in [6.45, 7) is 8.26. The molecule has 0 unspecified atom stereocenters. The Morgan fingerprint density at radius 3 is 2.60 bits per heavy atom. The molecule has 1 aromatic carbocycles. The molecule has 0 spiro atoms. The minimum Gasteiger partial charge on any atom is -0.493 e. The molecule has 0 fully saturated rings. The molecule has 2 N–H and O–H groups in total. The van der Waals surface area contributed by atoms with Gasteiger partial charge in [-0.05, 0) is 39.3 Å². The number of benzene rings is 1. The largest absolute Gasteiger partial charge is 0.493 e. The zero-order valence-electron chi connectivity index (χ0n) is 12.6. The van der Waals surface area contributed by atoms with Crippen LogP contribution in [0.1, 0.15) is 34.1 Å². The van der Waals surface area contributed by atoms with Gasteiger partial charge in [0.05, 0.1) is 12.4 Å². The highest BCUT2D eigenvalue weighted by molar-refractivity contribution is 8.00. The molecule has 1 aromatic rings. The molecule has 4 nitrogen and oxygen atoms in total. The summed E-state index contributed by atoms with van der Waals surface area (Å²) in [4.78, 5) is 12.6. The molecule has 0 heterocycles. The molecule has 0 saturated carbocycles. The summed E-state index contributed by atoms with van der Waals surface area (Å²) in [5, 5.41) is 0. The van der Waals surface area contributed by atoms with E-state index in [-0.39, 0.29) is 11.7 Å². The first-order valence-electron chi connectivity index (χ1n) is 6.68. The van der Waals surface area contributed by atoms with Crippen molar-refractivity contribution in [2.45, 2.75) is 44.6 Å². The summed E-state index contributed by atoms with van der Waals surface area (Å²) in [5.74, 6) is 0.757. The van der Waals surface area contributed by atoms with Crippen LogP contribution in [0, 0.1) is 0 Å². The van der Waals surface area contributed by atoms with E-state index in [9.17, 15) is 4.79 Å². The molecule has 0 aromatic heterocycles. The number of nitrogens with two attached hydrogens (primary N) is 1. The smallest absolute Gasteiger partial charge is 0.316 e. The number of carbonyl (C=O) groups excluding carboxylic acids is 1. The first kappa shape index (κ1) is 16.7. The summed E-state index contributed by atoms with van der Waals surface area (Å²) in [6.07, 6.45) is 0.940. The summed E-state index contributed by atoms with van der Waals surface area (Å²) < 4.78 is 10.8. The Morgan fingerprint density at radius 1 is 1.30 bits per heavy atom. The molecule has 0 aliphatic heterocycles. The van der Waals surface area contributed by atoms with Crippen LogP contribution in [0.5, 0.6) is 5.75 Å².